The van der Waals surface area contributed by atoms with E-state index < -0.39 is 6.03 Å². The van der Waals surface area contributed by atoms with Crippen molar-refractivity contribution in [3.8, 4) is 16.2 Å². The number of carbonyl (C=O) groups excluding carboxylic acids is 2. The Balaban J connectivity index is 0.00000280. The Labute approximate surface area is 174 Å². The van der Waals surface area contributed by atoms with Gasteiger partial charge in [-0.2, -0.15) is 0 Å². The highest BCUT2D eigenvalue weighted by Crippen LogP contribution is 2.36. The fourth-order valence-electron chi connectivity index (χ4n) is 3.09. The van der Waals surface area contributed by atoms with Gasteiger partial charge in [-0.15, -0.1) is 23.7 Å². The van der Waals surface area contributed by atoms with E-state index in [1.807, 2.05) is 24.3 Å². The SMILES string of the molecule is COc1cccc(-c2cc(C(=O)N[C@H]3CCCCNC3)c(NC(N)=O)s2)c1.Cl. The Morgan fingerprint density at radius 3 is 2.86 bits per heavy atom. The average Bonchev–Trinajstić information content (AvgIpc) is 2.90. The van der Waals surface area contributed by atoms with Gasteiger partial charge in [0.05, 0.1) is 12.7 Å². The highest BCUT2D eigenvalue weighted by molar-refractivity contribution is 7.20. The molecule has 0 unspecified atom stereocenters. The maximum Gasteiger partial charge on any atom is 0.317 e. The number of ether oxygens (including phenoxy) is 1. The van der Waals surface area contributed by atoms with Crippen LogP contribution >= 0.6 is 23.7 Å². The lowest BCUT2D eigenvalue weighted by Crippen LogP contribution is -2.41. The molecule has 1 atom stereocenters. The van der Waals surface area contributed by atoms with Crippen LogP contribution in [0.2, 0.25) is 0 Å². The van der Waals surface area contributed by atoms with E-state index >= 15 is 0 Å². The molecular formula is C19H25ClN4O3S. The number of carbonyl (C=O) groups is 2. The van der Waals surface area contributed by atoms with E-state index in [0.29, 0.717) is 10.6 Å². The minimum atomic E-state index is -0.695. The third-order valence-corrected chi connectivity index (χ3v) is 5.55. The highest BCUT2D eigenvalue weighted by atomic mass is 35.5. The number of nitrogens with one attached hydrogen (secondary N) is 3. The van der Waals surface area contributed by atoms with E-state index in [0.717, 1.165) is 48.5 Å². The lowest BCUT2D eigenvalue weighted by atomic mass is 10.1. The monoisotopic (exact) mass is 424 g/mol. The molecule has 1 saturated heterocycles. The zero-order chi connectivity index (χ0) is 19.2. The maximum absolute atomic E-state index is 12.8. The average molecular weight is 425 g/mol. The molecule has 0 aliphatic carbocycles. The smallest absolute Gasteiger partial charge is 0.317 e. The molecule has 0 radical (unpaired) electrons. The molecule has 3 rings (SSSR count). The van der Waals surface area contributed by atoms with Crippen molar-refractivity contribution in [2.24, 2.45) is 5.73 Å². The molecule has 1 fully saturated rings. The second-order valence-electron chi connectivity index (χ2n) is 6.44. The quantitative estimate of drug-likeness (QED) is 0.591. The molecule has 1 aromatic heterocycles. The minimum absolute atomic E-state index is 0. The molecule has 28 heavy (non-hydrogen) atoms. The van der Waals surface area contributed by atoms with E-state index in [1.165, 1.54) is 11.3 Å². The second kappa shape index (κ2) is 10.3. The number of methoxy groups -OCH3 is 1. The first-order valence-corrected chi connectivity index (χ1v) is 9.75. The van der Waals surface area contributed by atoms with Crippen LogP contribution in [0.25, 0.3) is 10.4 Å². The normalized spacial score (nSPS) is 16.4. The van der Waals surface area contributed by atoms with Gasteiger partial charge in [-0.3, -0.25) is 10.1 Å². The Morgan fingerprint density at radius 2 is 2.11 bits per heavy atom. The molecule has 1 aliphatic rings. The summed E-state index contributed by atoms with van der Waals surface area (Å²) in [5.41, 5.74) is 6.61. The molecule has 2 aromatic rings. The van der Waals surface area contributed by atoms with Crippen LogP contribution in [0.3, 0.4) is 0 Å². The molecule has 3 amide bonds. The fraction of sp³-hybridized carbons (Fsp3) is 0.368. The number of urea groups is 1. The Bertz CT molecular complexity index is 819. The standard InChI is InChI=1S/C19H24N4O3S.ClH/c1-26-14-7-4-5-12(9-14)16-10-15(18(27-16)23-19(20)25)17(24)22-13-6-2-3-8-21-11-13;/h4-5,7,9-10,13,21H,2-3,6,8,11H2,1H3,(H,22,24)(H3,20,23,25);1H/t13-;/m0./s1. The summed E-state index contributed by atoms with van der Waals surface area (Å²) in [5, 5.41) is 9.41. The van der Waals surface area contributed by atoms with Gasteiger partial charge in [-0.05, 0) is 43.1 Å². The lowest BCUT2D eigenvalue weighted by molar-refractivity contribution is 0.0937. The van der Waals surface area contributed by atoms with E-state index in [9.17, 15) is 9.59 Å². The number of halogens is 1. The summed E-state index contributed by atoms with van der Waals surface area (Å²) in [6.45, 7) is 1.72. The van der Waals surface area contributed by atoms with Crippen molar-refractivity contribution in [2.75, 3.05) is 25.5 Å². The summed E-state index contributed by atoms with van der Waals surface area (Å²) in [6.07, 6.45) is 3.12. The van der Waals surface area contributed by atoms with Gasteiger partial charge >= 0.3 is 6.03 Å². The summed E-state index contributed by atoms with van der Waals surface area (Å²) in [4.78, 5) is 25.1. The van der Waals surface area contributed by atoms with Gasteiger partial charge in [0.2, 0.25) is 0 Å². The zero-order valence-corrected chi connectivity index (χ0v) is 17.3. The van der Waals surface area contributed by atoms with Crippen LogP contribution in [0.1, 0.15) is 29.6 Å². The van der Waals surface area contributed by atoms with Crippen LogP contribution in [0.4, 0.5) is 9.80 Å². The van der Waals surface area contributed by atoms with E-state index in [4.69, 9.17) is 10.5 Å². The number of anilines is 1. The van der Waals surface area contributed by atoms with Gasteiger partial charge < -0.3 is 21.1 Å². The van der Waals surface area contributed by atoms with Gasteiger partial charge in [-0.1, -0.05) is 18.6 Å². The zero-order valence-electron chi connectivity index (χ0n) is 15.6. The number of nitrogens with two attached hydrogens (primary N) is 1. The van der Waals surface area contributed by atoms with Crippen LogP contribution in [-0.2, 0) is 0 Å². The van der Waals surface area contributed by atoms with Gasteiger partial charge in [0.1, 0.15) is 10.8 Å². The summed E-state index contributed by atoms with van der Waals surface area (Å²) < 4.78 is 5.27. The summed E-state index contributed by atoms with van der Waals surface area (Å²) >= 11 is 1.31. The van der Waals surface area contributed by atoms with Gasteiger partial charge in [0.15, 0.2) is 0 Å². The molecule has 152 valence electrons. The van der Waals surface area contributed by atoms with E-state index in [1.54, 1.807) is 13.2 Å². The number of thiophene rings is 1. The van der Waals surface area contributed by atoms with E-state index in [2.05, 4.69) is 16.0 Å². The molecule has 1 aromatic carbocycles. The minimum Gasteiger partial charge on any atom is -0.497 e. The third-order valence-electron chi connectivity index (χ3n) is 4.45. The molecule has 9 heteroatoms. The molecule has 0 spiro atoms. The molecule has 2 heterocycles. The van der Waals surface area contributed by atoms with Crippen molar-refractivity contribution in [1.82, 2.24) is 10.6 Å². The second-order valence-corrected chi connectivity index (χ2v) is 7.50. The van der Waals surface area contributed by atoms with Crippen molar-refractivity contribution in [2.45, 2.75) is 25.3 Å². The van der Waals surface area contributed by atoms with Crippen molar-refractivity contribution < 1.29 is 14.3 Å². The van der Waals surface area contributed by atoms with Crippen LogP contribution in [0.5, 0.6) is 5.75 Å². The Kier molecular flexibility index (Phi) is 8.10. The van der Waals surface area contributed by atoms with Crippen molar-refractivity contribution in [3.63, 3.8) is 0 Å². The first-order valence-electron chi connectivity index (χ1n) is 8.93. The fourth-order valence-corrected chi connectivity index (χ4v) is 4.14. The Morgan fingerprint density at radius 1 is 1.29 bits per heavy atom. The number of benzene rings is 1. The van der Waals surface area contributed by atoms with Crippen molar-refractivity contribution in [3.05, 3.63) is 35.9 Å². The van der Waals surface area contributed by atoms with Crippen molar-refractivity contribution >= 4 is 40.7 Å². The molecule has 5 N–H and O–H groups in total. The molecule has 7 nitrogen and oxygen atoms in total. The molecule has 1 aliphatic heterocycles. The summed E-state index contributed by atoms with van der Waals surface area (Å²) in [7, 11) is 1.60. The number of primary amides is 1. The highest BCUT2D eigenvalue weighted by Gasteiger charge is 2.21. The van der Waals surface area contributed by atoms with Crippen LogP contribution < -0.4 is 26.4 Å². The third kappa shape index (κ3) is 5.60. The molecule has 0 saturated carbocycles. The number of hydrogen-bond donors (Lipinski definition) is 4. The van der Waals surface area contributed by atoms with Crippen LogP contribution in [-0.4, -0.2) is 38.2 Å². The van der Waals surface area contributed by atoms with Crippen LogP contribution in [0, 0.1) is 0 Å². The molecule has 0 bridgehead atoms. The first-order chi connectivity index (χ1) is 13.1. The summed E-state index contributed by atoms with van der Waals surface area (Å²) in [6, 6.07) is 8.71. The van der Waals surface area contributed by atoms with E-state index in [-0.39, 0.29) is 24.4 Å². The van der Waals surface area contributed by atoms with Gasteiger partial charge in [-0.25, -0.2) is 4.79 Å². The first kappa shape index (κ1) is 22.0. The van der Waals surface area contributed by atoms with Gasteiger partial charge in [0, 0.05) is 17.5 Å². The number of amides is 3. The topological polar surface area (TPSA) is 105 Å². The predicted molar refractivity (Wildman–Crippen MR) is 115 cm³/mol. The van der Waals surface area contributed by atoms with Crippen LogP contribution in [0.15, 0.2) is 30.3 Å². The summed E-state index contributed by atoms with van der Waals surface area (Å²) in [5.74, 6) is 0.513. The van der Waals surface area contributed by atoms with Crippen molar-refractivity contribution in [1.29, 1.82) is 0 Å². The Hall–Kier alpha value is -2.29. The largest absolute Gasteiger partial charge is 0.497 e. The maximum atomic E-state index is 12.8. The molecular weight excluding hydrogens is 400 g/mol. The number of hydrogen-bond acceptors (Lipinski definition) is 5. The predicted octanol–water partition coefficient (Wildman–Crippen LogP) is 3.21. The van der Waals surface area contributed by atoms with Gasteiger partial charge in [0.25, 0.3) is 5.91 Å². The lowest BCUT2D eigenvalue weighted by Gasteiger charge is -2.16. The number of rotatable bonds is 5.